The lowest BCUT2D eigenvalue weighted by Crippen LogP contribution is -2.16. The lowest BCUT2D eigenvalue weighted by molar-refractivity contribution is -0.146. The molecular weight excluding hydrogens is 224 g/mol. The molecule has 0 bridgehead atoms. The molecule has 0 saturated heterocycles. The van der Waals surface area contributed by atoms with Gasteiger partial charge in [-0.1, -0.05) is 70.6 Å². The predicted molar refractivity (Wildman–Crippen MR) is 75.5 cm³/mol. The molecule has 18 heavy (non-hydrogen) atoms. The molecule has 1 aliphatic carbocycles. The minimum Gasteiger partial charge on any atom is -0.469 e. The van der Waals surface area contributed by atoms with Crippen molar-refractivity contribution in [3.05, 3.63) is 0 Å². The minimum atomic E-state index is 0.0158. The molecule has 1 rings (SSSR count). The summed E-state index contributed by atoms with van der Waals surface area (Å²) in [4.78, 5) is 11.7. The monoisotopic (exact) mass is 254 g/mol. The van der Waals surface area contributed by atoms with E-state index in [1.165, 1.54) is 77.7 Å². The molecule has 0 heterocycles. The Kier molecular flexibility index (Phi) is 8.97. The molecule has 0 spiro atoms. The van der Waals surface area contributed by atoms with Crippen molar-refractivity contribution < 1.29 is 9.53 Å². The lowest BCUT2D eigenvalue weighted by Gasteiger charge is -2.15. The SMILES string of the molecule is COC(=O)C1CCCCCCCCCCCCC1. The standard InChI is InChI=1S/C16H30O2/c1-18-16(17)15-13-11-9-7-5-3-2-4-6-8-10-12-14-15/h15H,2-14H2,1H3. The van der Waals surface area contributed by atoms with E-state index in [0.717, 1.165) is 12.8 Å². The topological polar surface area (TPSA) is 26.3 Å². The summed E-state index contributed by atoms with van der Waals surface area (Å²) < 4.78 is 4.92. The number of carbonyl (C=O) groups is 1. The van der Waals surface area contributed by atoms with Crippen molar-refractivity contribution in [3.63, 3.8) is 0 Å². The van der Waals surface area contributed by atoms with Crippen LogP contribution in [0.1, 0.15) is 83.5 Å². The van der Waals surface area contributed by atoms with E-state index < -0.39 is 0 Å². The molecule has 2 heteroatoms. The van der Waals surface area contributed by atoms with E-state index in [1.807, 2.05) is 0 Å². The van der Waals surface area contributed by atoms with Gasteiger partial charge in [0.1, 0.15) is 0 Å². The summed E-state index contributed by atoms with van der Waals surface area (Å²) in [5.74, 6) is 0.181. The second kappa shape index (κ2) is 10.4. The highest BCUT2D eigenvalue weighted by atomic mass is 16.5. The van der Waals surface area contributed by atoms with Crippen LogP contribution in [0.2, 0.25) is 0 Å². The Labute approximate surface area is 112 Å². The predicted octanol–water partition coefficient (Wildman–Crippen LogP) is 4.86. The summed E-state index contributed by atoms with van der Waals surface area (Å²) in [6.07, 6.45) is 16.7. The van der Waals surface area contributed by atoms with E-state index in [9.17, 15) is 4.79 Å². The van der Waals surface area contributed by atoms with Crippen LogP contribution >= 0.6 is 0 Å². The molecule has 0 amide bonds. The maximum absolute atomic E-state index is 11.7. The Morgan fingerprint density at radius 2 is 1.06 bits per heavy atom. The summed E-state index contributed by atoms with van der Waals surface area (Å²) in [6, 6.07) is 0. The van der Waals surface area contributed by atoms with Gasteiger partial charge in [-0.3, -0.25) is 4.79 Å². The first-order chi connectivity index (χ1) is 8.84. The van der Waals surface area contributed by atoms with Crippen LogP contribution < -0.4 is 0 Å². The normalized spacial score (nSPS) is 22.1. The molecule has 0 unspecified atom stereocenters. The first kappa shape index (κ1) is 15.5. The van der Waals surface area contributed by atoms with Crippen LogP contribution in [0.15, 0.2) is 0 Å². The van der Waals surface area contributed by atoms with E-state index in [4.69, 9.17) is 4.74 Å². The Balaban J connectivity index is 2.31. The smallest absolute Gasteiger partial charge is 0.308 e. The summed E-state index contributed by atoms with van der Waals surface area (Å²) in [7, 11) is 1.52. The molecule has 0 aromatic heterocycles. The van der Waals surface area contributed by atoms with E-state index >= 15 is 0 Å². The number of methoxy groups -OCH3 is 1. The number of hydrogen-bond acceptors (Lipinski definition) is 2. The maximum Gasteiger partial charge on any atom is 0.308 e. The van der Waals surface area contributed by atoms with Crippen LogP contribution in [0.5, 0.6) is 0 Å². The number of ether oxygens (including phenoxy) is 1. The average Bonchev–Trinajstić information content (AvgIpc) is 2.40. The molecular formula is C16H30O2. The quantitative estimate of drug-likeness (QED) is 0.625. The largest absolute Gasteiger partial charge is 0.469 e. The second-order valence-electron chi connectivity index (χ2n) is 5.69. The fourth-order valence-corrected chi connectivity index (χ4v) is 2.92. The van der Waals surface area contributed by atoms with E-state index in [-0.39, 0.29) is 11.9 Å². The molecule has 1 saturated carbocycles. The zero-order valence-electron chi connectivity index (χ0n) is 12.1. The van der Waals surface area contributed by atoms with Gasteiger partial charge in [-0.05, 0) is 12.8 Å². The van der Waals surface area contributed by atoms with Crippen LogP contribution in [0.3, 0.4) is 0 Å². The number of carbonyl (C=O) groups excluding carboxylic acids is 1. The lowest BCUT2D eigenvalue weighted by atomic mass is 9.93. The molecule has 0 aromatic carbocycles. The highest BCUT2D eigenvalue weighted by Gasteiger charge is 2.18. The number of esters is 1. The third kappa shape index (κ3) is 7.03. The summed E-state index contributed by atoms with van der Waals surface area (Å²) >= 11 is 0. The Morgan fingerprint density at radius 1 is 0.722 bits per heavy atom. The van der Waals surface area contributed by atoms with Crippen LogP contribution in [0, 0.1) is 5.92 Å². The molecule has 0 N–H and O–H groups in total. The molecule has 0 aliphatic heterocycles. The third-order valence-corrected chi connectivity index (χ3v) is 4.14. The highest BCUT2D eigenvalue weighted by molar-refractivity contribution is 5.72. The van der Waals surface area contributed by atoms with Crippen molar-refractivity contribution in [1.29, 1.82) is 0 Å². The van der Waals surface area contributed by atoms with Gasteiger partial charge in [0.2, 0.25) is 0 Å². The van der Waals surface area contributed by atoms with Gasteiger partial charge in [-0.15, -0.1) is 0 Å². The average molecular weight is 254 g/mol. The minimum absolute atomic E-state index is 0.0158. The summed E-state index contributed by atoms with van der Waals surface area (Å²) in [5.41, 5.74) is 0. The maximum atomic E-state index is 11.7. The fraction of sp³-hybridized carbons (Fsp3) is 0.938. The van der Waals surface area contributed by atoms with Crippen molar-refractivity contribution in [2.45, 2.75) is 83.5 Å². The zero-order chi connectivity index (χ0) is 13.1. The molecule has 0 radical (unpaired) electrons. The van der Waals surface area contributed by atoms with Crippen molar-refractivity contribution in [2.75, 3.05) is 7.11 Å². The van der Waals surface area contributed by atoms with Crippen molar-refractivity contribution in [1.82, 2.24) is 0 Å². The van der Waals surface area contributed by atoms with Crippen molar-refractivity contribution in [2.24, 2.45) is 5.92 Å². The van der Waals surface area contributed by atoms with Gasteiger partial charge in [0, 0.05) is 0 Å². The van der Waals surface area contributed by atoms with Gasteiger partial charge in [-0.2, -0.15) is 0 Å². The van der Waals surface area contributed by atoms with E-state index in [1.54, 1.807) is 0 Å². The first-order valence-electron chi connectivity index (χ1n) is 7.92. The summed E-state index contributed by atoms with van der Waals surface area (Å²) in [5, 5.41) is 0. The van der Waals surface area contributed by atoms with Gasteiger partial charge in [0.05, 0.1) is 13.0 Å². The number of hydrogen-bond donors (Lipinski definition) is 0. The Hall–Kier alpha value is -0.530. The van der Waals surface area contributed by atoms with Crippen molar-refractivity contribution in [3.8, 4) is 0 Å². The zero-order valence-corrected chi connectivity index (χ0v) is 12.1. The van der Waals surface area contributed by atoms with Crippen molar-refractivity contribution >= 4 is 5.97 Å². The van der Waals surface area contributed by atoms with E-state index in [2.05, 4.69) is 0 Å². The van der Waals surface area contributed by atoms with Crippen LogP contribution in [-0.2, 0) is 9.53 Å². The van der Waals surface area contributed by atoms with Crippen LogP contribution in [0.25, 0.3) is 0 Å². The van der Waals surface area contributed by atoms with Gasteiger partial charge in [-0.25, -0.2) is 0 Å². The first-order valence-corrected chi connectivity index (χ1v) is 7.92. The van der Waals surface area contributed by atoms with Gasteiger partial charge in [0.15, 0.2) is 0 Å². The molecule has 1 aliphatic rings. The van der Waals surface area contributed by atoms with Crippen LogP contribution in [0.4, 0.5) is 0 Å². The second-order valence-corrected chi connectivity index (χ2v) is 5.69. The Morgan fingerprint density at radius 3 is 1.39 bits per heavy atom. The fourth-order valence-electron chi connectivity index (χ4n) is 2.92. The Bertz CT molecular complexity index is 199. The molecule has 2 nitrogen and oxygen atoms in total. The highest BCUT2D eigenvalue weighted by Crippen LogP contribution is 2.21. The molecule has 0 aromatic rings. The van der Waals surface area contributed by atoms with Gasteiger partial charge in [0.25, 0.3) is 0 Å². The molecule has 0 atom stereocenters. The number of rotatable bonds is 1. The van der Waals surface area contributed by atoms with Crippen LogP contribution in [-0.4, -0.2) is 13.1 Å². The third-order valence-electron chi connectivity index (χ3n) is 4.14. The van der Waals surface area contributed by atoms with Gasteiger partial charge < -0.3 is 4.74 Å². The molecule has 106 valence electrons. The molecule has 1 fully saturated rings. The van der Waals surface area contributed by atoms with E-state index in [0.29, 0.717) is 0 Å². The summed E-state index contributed by atoms with van der Waals surface area (Å²) in [6.45, 7) is 0. The van der Waals surface area contributed by atoms with Gasteiger partial charge >= 0.3 is 5.97 Å².